The smallest absolute Gasteiger partial charge is 0.261 e. The molecule has 21 heavy (non-hydrogen) atoms. The van der Waals surface area contributed by atoms with E-state index in [2.05, 4.69) is 15.5 Å². The number of nitrogens with one attached hydrogen (secondary N) is 1. The molecule has 1 aromatic carbocycles. The topological polar surface area (TPSA) is 37.3 Å². The summed E-state index contributed by atoms with van der Waals surface area (Å²) in [6.07, 6.45) is -2.75. The summed E-state index contributed by atoms with van der Waals surface area (Å²) in [7, 11) is 0. The Bertz CT molecular complexity index is 650. The van der Waals surface area contributed by atoms with Gasteiger partial charge in [-0.25, -0.2) is 13.8 Å². The van der Waals surface area contributed by atoms with Crippen LogP contribution in [0.2, 0.25) is 0 Å². The van der Waals surface area contributed by atoms with Crippen molar-refractivity contribution in [2.45, 2.75) is 6.18 Å². The van der Waals surface area contributed by atoms with Crippen molar-refractivity contribution in [3.8, 4) is 0 Å². The fourth-order valence-electron chi connectivity index (χ4n) is 1.40. The quantitative estimate of drug-likeness (QED) is 0.531. The average molecular weight is 301 g/mol. The molecule has 0 aliphatic heterocycles. The first kappa shape index (κ1) is 14.9. The molecule has 110 valence electrons. The normalized spacial score (nSPS) is 11.9. The second-order valence-electron chi connectivity index (χ2n) is 3.97. The maximum Gasteiger partial charge on any atom is 0.417 e. The van der Waals surface area contributed by atoms with Gasteiger partial charge in [0.15, 0.2) is 0 Å². The molecule has 0 spiro atoms. The molecule has 0 amide bonds. The van der Waals surface area contributed by atoms with E-state index >= 15 is 0 Å². The first-order valence-corrected chi connectivity index (χ1v) is 5.63. The Kier molecular flexibility index (Phi) is 4.15. The van der Waals surface area contributed by atoms with E-state index < -0.39 is 23.4 Å². The summed E-state index contributed by atoms with van der Waals surface area (Å²) in [5, 5.41) is 3.61. The number of nitrogens with zero attached hydrogens (tertiary/aromatic N) is 2. The molecule has 0 radical (unpaired) electrons. The minimum atomic E-state index is -4.47. The van der Waals surface area contributed by atoms with E-state index in [1.165, 1.54) is 6.07 Å². The van der Waals surface area contributed by atoms with Crippen LogP contribution in [0.4, 0.5) is 27.8 Å². The predicted molar refractivity (Wildman–Crippen MR) is 66.8 cm³/mol. The molecule has 1 N–H and O–H groups in total. The van der Waals surface area contributed by atoms with Crippen molar-refractivity contribution in [1.29, 1.82) is 0 Å². The molecular formula is C13H8F5N3. The van der Waals surface area contributed by atoms with Crippen LogP contribution in [-0.4, -0.2) is 11.2 Å². The highest BCUT2D eigenvalue weighted by atomic mass is 19.4. The zero-order valence-corrected chi connectivity index (χ0v) is 10.3. The van der Waals surface area contributed by atoms with Crippen LogP contribution in [0.3, 0.4) is 0 Å². The van der Waals surface area contributed by atoms with Crippen molar-refractivity contribution in [3.05, 3.63) is 59.3 Å². The Labute approximate surface area is 116 Å². The molecule has 8 heteroatoms. The SMILES string of the molecule is Fc1ccc(/C=N/Nc2ccc(C(F)(F)F)cn2)c(F)c1. The lowest BCUT2D eigenvalue weighted by Crippen LogP contribution is -2.05. The van der Waals surface area contributed by atoms with Gasteiger partial charge in [0.05, 0.1) is 11.8 Å². The zero-order valence-electron chi connectivity index (χ0n) is 10.3. The van der Waals surface area contributed by atoms with E-state index in [1.54, 1.807) is 0 Å². The summed E-state index contributed by atoms with van der Waals surface area (Å²) in [6, 6.07) is 4.85. The van der Waals surface area contributed by atoms with Crippen molar-refractivity contribution in [2.75, 3.05) is 5.43 Å². The summed E-state index contributed by atoms with van der Waals surface area (Å²) in [4.78, 5) is 3.51. The van der Waals surface area contributed by atoms with Crippen LogP contribution in [0.1, 0.15) is 11.1 Å². The highest BCUT2D eigenvalue weighted by molar-refractivity contribution is 5.80. The lowest BCUT2D eigenvalue weighted by atomic mass is 10.2. The minimum absolute atomic E-state index is 0.0239. The van der Waals surface area contributed by atoms with Gasteiger partial charge in [-0.2, -0.15) is 18.3 Å². The molecule has 1 heterocycles. The van der Waals surface area contributed by atoms with Crippen LogP contribution < -0.4 is 5.43 Å². The first-order valence-electron chi connectivity index (χ1n) is 5.63. The van der Waals surface area contributed by atoms with Gasteiger partial charge in [-0.05, 0) is 24.3 Å². The summed E-state index contributed by atoms with van der Waals surface area (Å²) < 4.78 is 62.9. The monoisotopic (exact) mass is 301 g/mol. The molecule has 0 aliphatic carbocycles. The number of rotatable bonds is 3. The van der Waals surface area contributed by atoms with Gasteiger partial charge in [-0.15, -0.1) is 0 Å². The molecule has 0 fully saturated rings. The van der Waals surface area contributed by atoms with Crippen LogP contribution >= 0.6 is 0 Å². The van der Waals surface area contributed by atoms with Crippen molar-refractivity contribution < 1.29 is 22.0 Å². The fraction of sp³-hybridized carbons (Fsp3) is 0.0769. The van der Waals surface area contributed by atoms with E-state index in [0.29, 0.717) is 12.3 Å². The molecule has 1 aromatic heterocycles. The van der Waals surface area contributed by atoms with E-state index in [1.807, 2.05) is 0 Å². The van der Waals surface area contributed by atoms with Crippen molar-refractivity contribution in [1.82, 2.24) is 4.98 Å². The lowest BCUT2D eigenvalue weighted by molar-refractivity contribution is -0.137. The number of anilines is 1. The Hall–Kier alpha value is -2.51. The van der Waals surface area contributed by atoms with Crippen LogP contribution in [-0.2, 0) is 6.18 Å². The Balaban J connectivity index is 2.04. The molecule has 2 aromatic rings. The van der Waals surface area contributed by atoms with Crippen molar-refractivity contribution in [3.63, 3.8) is 0 Å². The van der Waals surface area contributed by atoms with Gasteiger partial charge in [0.1, 0.15) is 17.5 Å². The summed E-state index contributed by atoms with van der Waals surface area (Å²) in [6.45, 7) is 0. The van der Waals surface area contributed by atoms with E-state index in [-0.39, 0.29) is 11.4 Å². The Morgan fingerprint density at radius 3 is 2.43 bits per heavy atom. The Morgan fingerprint density at radius 2 is 1.86 bits per heavy atom. The summed E-state index contributed by atoms with van der Waals surface area (Å²) in [5.41, 5.74) is 1.48. The van der Waals surface area contributed by atoms with E-state index in [0.717, 1.165) is 24.4 Å². The van der Waals surface area contributed by atoms with Gasteiger partial charge >= 0.3 is 6.18 Å². The Morgan fingerprint density at radius 1 is 1.10 bits per heavy atom. The number of alkyl halides is 3. The fourth-order valence-corrected chi connectivity index (χ4v) is 1.40. The number of hydrazone groups is 1. The molecule has 2 rings (SSSR count). The van der Waals surface area contributed by atoms with Crippen LogP contribution in [0.5, 0.6) is 0 Å². The van der Waals surface area contributed by atoms with Crippen LogP contribution in [0.15, 0.2) is 41.6 Å². The van der Waals surface area contributed by atoms with E-state index in [9.17, 15) is 22.0 Å². The van der Waals surface area contributed by atoms with Gasteiger partial charge in [-0.1, -0.05) is 0 Å². The number of halogens is 5. The second kappa shape index (κ2) is 5.86. The number of hydrogen-bond acceptors (Lipinski definition) is 3. The standard InChI is InChI=1S/C13H8F5N3/c14-10-3-1-8(11(15)5-10)6-20-21-12-4-2-9(7-19-12)13(16,17)18/h1-7H,(H,19,21)/b20-6+. The third-order valence-corrected chi connectivity index (χ3v) is 2.44. The maximum atomic E-state index is 13.3. The molecule has 0 atom stereocenters. The molecule has 0 saturated heterocycles. The number of aromatic nitrogens is 1. The molecule has 0 saturated carbocycles. The number of hydrogen-bond donors (Lipinski definition) is 1. The number of benzene rings is 1. The molecule has 0 bridgehead atoms. The third-order valence-electron chi connectivity index (χ3n) is 2.44. The molecule has 0 aliphatic rings. The molecule has 0 unspecified atom stereocenters. The van der Waals surface area contributed by atoms with Crippen LogP contribution in [0, 0.1) is 11.6 Å². The first-order chi connectivity index (χ1) is 9.86. The second-order valence-corrected chi connectivity index (χ2v) is 3.97. The van der Waals surface area contributed by atoms with Gasteiger partial charge in [0.2, 0.25) is 0 Å². The number of pyridine rings is 1. The summed E-state index contributed by atoms with van der Waals surface area (Å²) in [5.74, 6) is -1.47. The predicted octanol–water partition coefficient (Wildman–Crippen LogP) is 3.82. The van der Waals surface area contributed by atoms with E-state index in [4.69, 9.17) is 0 Å². The summed E-state index contributed by atoms with van der Waals surface area (Å²) >= 11 is 0. The molecule has 3 nitrogen and oxygen atoms in total. The zero-order chi connectivity index (χ0) is 15.5. The average Bonchev–Trinajstić information content (AvgIpc) is 2.41. The van der Waals surface area contributed by atoms with Gasteiger partial charge in [0.25, 0.3) is 0 Å². The largest absolute Gasteiger partial charge is 0.417 e. The van der Waals surface area contributed by atoms with Gasteiger partial charge in [-0.3, -0.25) is 5.43 Å². The van der Waals surface area contributed by atoms with Crippen molar-refractivity contribution in [2.24, 2.45) is 5.10 Å². The van der Waals surface area contributed by atoms with Gasteiger partial charge in [0, 0.05) is 17.8 Å². The molecular weight excluding hydrogens is 293 g/mol. The minimum Gasteiger partial charge on any atom is -0.261 e. The lowest BCUT2D eigenvalue weighted by Gasteiger charge is -2.06. The highest BCUT2D eigenvalue weighted by Gasteiger charge is 2.30. The van der Waals surface area contributed by atoms with Gasteiger partial charge < -0.3 is 0 Å². The van der Waals surface area contributed by atoms with Crippen LogP contribution in [0.25, 0.3) is 0 Å². The highest BCUT2D eigenvalue weighted by Crippen LogP contribution is 2.28. The van der Waals surface area contributed by atoms with Crippen molar-refractivity contribution >= 4 is 12.0 Å². The maximum absolute atomic E-state index is 13.3. The third kappa shape index (κ3) is 3.98.